The van der Waals surface area contributed by atoms with Gasteiger partial charge in [-0.25, -0.2) is 4.98 Å². The molecule has 0 bridgehead atoms. The summed E-state index contributed by atoms with van der Waals surface area (Å²) in [5.74, 6) is 1.51. The number of pyridine rings is 1. The van der Waals surface area contributed by atoms with E-state index >= 15 is 0 Å². The van der Waals surface area contributed by atoms with Gasteiger partial charge in [-0.1, -0.05) is 18.9 Å². The Kier molecular flexibility index (Phi) is 5.06. The number of anilines is 2. The molecular weight excluding hydrogens is 314 g/mol. The lowest BCUT2D eigenvalue weighted by Gasteiger charge is -2.16. The first kappa shape index (κ1) is 16.3. The molecule has 2 aromatic heterocycles. The van der Waals surface area contributed by atoms with Crippen LogP contribution in [0.5, 0.6) is 0 Å². The zero-order chi connectivity index (χ0) is 16.9. The fraction of sp³-hybridized carbons (Fsp3) is 0.526. The van der Waals surface area contributed by atoms with Gasteiger partial charge in [-0.05, 0) is 37.8 Å². The van der Waals surface area contributed by atoms with Crippen LogP contribution in [0, 0.1) is 0 Å². The topological polar surface area (TPSA) is 72.0 Å². The molecular formula is C19H25N5O. The fourth-order valence-electron chi connectivity index (χ4n) is 3.52. The Labute approximate surface area is 148 Å². The van der Waals surface area contributed by atoms with Crippen molar-refractivity contribution in [3.05, 3.63) is 30.5 Å². The van der Waals surface area contributed by atoms with Crippen molar-refractivity contribution in [3.8, 4) is 11.4 Å². The molecule has 2 aromatic rings. The molecule has 0 unspecified atom stereocenters. The van der Waals surface area contributed by atoms with E-state index in [0.717, 1.165) is 43.2 Å². The quantitative estimate of drug-likeness (QED) is 0.839. The van der Waals surface area contributed by atoms with Crippen molar-refractivity contribution in [1.82, 2.24) is 15.0 Å². The van der Waals surface area contributed by atoms with Crippen LogP contribution in [0.2, 0.25) is 0 Å². The van der Waals surface area contributed by atoms with Crippen molar-refractivity contribution < 1.29 is 4.74 Å². The van der Waals surface area contributed by atoms with Crippen LogP contribution in [0.15, 0.2) is 30.5 Å². The predicted molar refractivity (Wildman–Crippen MR) is 98.6 cm³/mol. The molecule has 132 valence electrons. The van der Waals surface area contributed by atoms with E-state index < -0.39 is 0 Å². The molecule has 4 rings (SSSR count). The lowest BCUT2D eigenvalue weighted by molar-refractivity contribution is 0.120. The lowest BCUT2D eigenvalue weighted by atomic mass is 10.2. The van der Waals surface area contributed by atoms with Crippen molar-refractivity contribution >= 4 is 11.8 Å². The first-order chi connectivity index (χ1) is 12.4. The van der Waals surface area contributed by atoms with Crippen LogP contribution in [-0.2, 0) is 4.74 Å². The summed E-state index contributed by atoms with van der Waals surface area (Å²) in [4.78, 5) is 13.8. The standard InChI is InChI=1S/C19H25N5O/c1-2-7-14(6-1)22-19-23-17(16-9-3-4-10-20-16)12-18(24-19)21-13-15-8-5-11-25-15/h3-4,9-10,12,14-15H,1-2,5-8,11,13H2,(H2,21,22,23,24)/t15-/m1/s1. The van der Waals surface area contributed by atoms with E-state index in [0.29, 0.717) is 12.0 Å². The van der Waals surface area contributed by atoms with Gasteiger partial charge in [0.1, 0.15) is 5.82 Å². The van der Waals surface area contributed by atoms with Gasteiger partial charge in [0.15, 0.2) is 0 Å². The number of hydrogen-bond acceptors (Lipinski definition) is 6. The molecule has 6 heteroatoms. The summed E-state index contributed by atoms with van der Waals surface area (Å²) in [7, 11) is 0. The molecule has 0 aromatic carbocycles. The van der Waals surface area contributed by atoms with Crippen LogP contribution in [0.1, 0.15) is 38.5 Å². The van der Waals surface area contributed by atoms with Crippen molar-refractivity contribution in [2.24, 2.45) is 0 Å². The van der Waals surface area contributed by atoms with Crippen LogP contribution in [0.4, 0.5) is 11.8 Å². The summed E-state index contributed by atoms with van der Waals surface area (Å²) in [5.41, 5.74) is 1.70. The van der Waals surface area contributed by atoms with Gasteiger partial charge in [0.2, 0.25) is 5.95 Å². The van der Waals surface area contributed by atoms with Crippen LogP contribution in [0.25, 0.3) is 11.4 Å². The Morgan fingerprint density at radius 1 is 1.04 bits per heavy atom. The summed E-state index contributed by atoms with van der Waals surface area (Å²) in [6.45, 7) is 1.64. The van der Waals surface area contributed by atoms with E-state index in [1.54, 1.807) is 6.20 Å². The third kappa shape index (κ3) is 4.25. The van der Waals surface area contributed by atoms with Crippen LogP contribution in [0.3, 0.4) is 0 Å². The maximum absolute atomic E-state index is 5.69. The number of rotatable bonds is 6. The van der Waals surface area contributed by atoms with Gasteiger partial charge >= 0.3 is 0 Å². The highest BCUT2D eigenvalue weighted by Gasteiger charge is 2.18. The highest BCUT2D eigenvalue weighted by atomic mass is 16.5. The molecule has 2 aliphatic rings. The van der Waals surface area contributed by atoms with Gasteiger partial charge in [-0.2, -0.15) is 4.98 Å². The zero-order valence-corrected chi connectivity index (χ0v) is 14.4. The number of nitrogens with zero attached hydrogens (tertiary/aromatic N) is 3. The smallest absolute Gasteiger partial charge is 0.225 e. The summed E-state index contributed by atoms with van der Waals surface area (Å²) < 4.78 is 5.69. The van der Waals surface area contributed by atoms with Gasteiger partial charge in [-0.15, -0.1) is 0 Å². The molecule has 1 saturated carbocycles. The minimum absolute atomic E-state index is 0.277. The predicted octanol–water partition coefficient (Wildman–Crippen LogP) is 3.48. The molecule has 0 spiro atoms. The number of ether oxygens (including phenoxy) is 1. The summed E-state index contributed by atoms with van der Waals surface area (Å²) in [6, 6.07) is 8.32. The van der Waals surface area contributed by atoms with Crippen molar-refractivity contribution in [3.63, 3.8) is 0 Å². The molecule has 1 saturated heterocycles. The Hall–Kier alpha value is -2.21. The second kappa shape index (κ2) is 7.78. The van der Waals surface area contributed by atoms with Gasteiger partial charge in [-0.3, -0.25) is 4.98 Å². The SMILES string of the molecule is c1ccc(-c2cc(NC[C@H]3CCCO3)nc(NC3CCCC3)n2)nc1. The second-order valence-electron chi connectivity index (χ2n) is 6.82. The van der Waals surface area contributed by atoms with Crippen molar-refractivity contribution in [2.75, 3.05) is 23.8 Å². The Balaban J connectivity index is 1.55. The third-order valence-electron chi connectivity index (χ3n) is 4.88. The molecule has 1 atom stereocenters. The van der Waals surface area contributed by atoms with Gasteiger partial charge in [0.05, 0.1) is 17.5 Å². The van der Waals surface area contributed by atoms with E-state index in [1.165, 1.54) is 25.7 Å². The van der Waals surface area contributed by atoms with Gasteiger partial charge in [0, 0.05) is 31.5 Å². The molecule has 25 heavy (non-hydrogen) atoms. The van der Waals surface area contributed by atoms with Crippen LogP contribution >= 0.6 is 0 Å². The minimum atomic E-state index is 0.277. The molecule has 2 fully saturated rings. The Morgan fingerprint density at radius 3 is 2.72 bits per heavy atom. The molecule has 3 heterocycles. The summed E-state index contributed by atoms with van der Waals surface area (Å²) in [6.07, 6.45) is 9.26. The molecule has 0 radical (unpaired) electrons. The molecule has 6 nitrogen and oxygen atoms in total. The largest absolute Gasteiger partial charge is 0.376 e. The van der Waals surface area contributed by atoms with Gasteiger partial charge in [0.25, 0.3) is 0 Å². The molecule has 2 N–H and O–H groups in total. The molecule has 1 aliphatic carbocycles. The van der Waals surface area contributed by atoms with E-state index in [9.17, 15) is 0 Å². The van der Waals surface area contributed by atoms with Crippen molar-refractivity contribution in [2.45, 2.75) is 50.7 Å². The average molecular weight is 339 g/mol. The van der Waals surface area contributed by atoms with E-state index in [4.69, 9.17) is 9.72 Å². The second-order valence-corrected chi connectivity index (χ2v) is 6.82. The summed E-state index contributed by atoms with van der Waals surface area (Å²) in [5, 5.41) is 6.92. The average Bonchev–Trinajstić information content (AvgIpc) is 3.34. The monoisotopic (exact) mass is 339 g/mol. The zero-order valence-electron chi connectivity index (χ0n) is 14.4. The maximum atomic E-state index is 5.69. The van der Waals surface area contributed by atoms with E-state index in [-0.39, 0.29) is 6.10 Å². The normalized spacial score (nSPS) is 20.7. The van der Waals surface area contributed by atoms with Crippen LogP contribution in [-0.4, -0.2) is 40.2 Å². The summed E-state index contributed by atoms with van der Waals surface area (Å²) >= 11 is 0. The minimum Gasteiger partial charge on any atom is -0.376 e. The first-order valence-electron chi connectivity index (χ1n) is 9.29. The highest BCUT2D eigenvalue weighted by molar-refractivity contribution is 5.61. The highest BCUT2D eigenvalue weighted by Crippen LogP contribution is 2.24. The Bertz CT molecular complexity index is 681. The third-order valence-corrected chi connectivity index (χ3v) is 4.88. The van der Waals surface area contributed by atoms with E-state index in [1.807, 2.05) is 24.3 Å². The van der Waals surface area contributed by atoms with Crippen LogP contribution < -0.4 is 10.6 Å². The van der Waals surface area contributed by atoms with Crippen molar-refractivity contribution in [1.29, 1.82) is 0 Å². The molecule has 0 amide bonds. The number of aromatic nitrogens is 3. The van der Waals surface area contributed by atoms with Gasteiger partial charge < -0.3 is 15.4 Å². The number of nitrogens with one attached hydrogen (secondary N) is 2. The number of hydrogen-bond donors (Lipinski definition) is 2. The molecule has 1 aliphatic heterocycles. The lowest BCUT2D eigenvalue weighted by Crippen LogP contribution is -2.21. The first-order valence-corrected chi connectivity index (χ1v) is 9.29. The van der Waals surface area contributed by atoms with E-state index in [2.05, 4.69) is 20.6 Å². The maximum Gasteiger partial charge on any atom is 0.225 e. The fourth-order valence-corrected chi connectivity index (χ4v) is 3.52. The Morgan fingerprint density at radius 2 is 1.96 bits per heavy atom.